The van der Waals surface area contributed by atoms with Gasteiger partial charge in [-0.3, -0.25) is 9.59 Å². The predicted octanol–water partition coefficient (Wildman–Crippen LogP) is 4.35. The lowest BCUT2D eigenvalue weighted by Crippen LogP contribution is -2.47. The molecule has 2 aromatic carbocycles. The molecule has 2 aliphatic rings. The highest BCUT2D eigenvalue weighted by Crippen LogP contribution is 2.37. The summed E-state index contributed by atoms with van der Waals surface area (Å²) in [4.78, 5) is 27.1. The first-order chi connectivity index (χ1) is 15.1. The van der Waals surface area contributed by atoms with Gasteiger partial charge in [0.1, 0.15) is 11.5 Å². The van der Waals surface area contributed by atoms with Gasteiger partial charge in [-0.2, -0.15) is 0 Å². The SMILES string of the molecule is CCC(=O)C1(c2ccccc2)CCN(CCCOc2cccc3c2NC(=O)CC3)CC1. The van der Waals surface area contributed by atoms with Crippen LogP contribution in [0.2, 0.25) is 0 Å². The average Bonchev–Trinajstić information content (AvgIpc) is 2.82. The van der Waals surface area contributed by atoms with Crippen molar-refractivity contribution in [3.63, 3.8) is 0 Å². The van der Waals surface area contributed by atoms with Crippen LogP contribution in [0, 0.1) is 0 Å². The summed E-state index contributed by atoms with van der Waals surface area (Å²) in [7, 11) is 0. The predicted molar refractivity (Wildman–Crippen MR) is 123 cm³/mol. The number of piperidine rings is 1. The Balaban J connectivity index is 1.29. The standard InChI is InChI=1S/C26H32N2O3/c1-2-23(29)26(21-9-4-3-5-10-21)14-17-28(18-15-26)16-7-19-31-22-11-6-8-20-12-13-24(30)27-25(20)22/h3-6,8-11H,2,7,12-19H2,1H3,(H,27,30). The number of amides is 1. The van der Waals surface area contributed by atoms with Gasteiger partial charge in [-0.1, -0.05) is 49.4 Å². The van der Waals surface area contributed by atoms with Crippen molar-refractivity contribution in [3.05, 3.63) is 59.7 Å². The fourth-order valence-corrected chi connectivity index (χ4v) is 4.95. The molecule has 5 nitrogen and oxygen atoms in total. The fourth-order valence-electron chi connectivity index (χ4n) is 4.95. The highest BCUT2D eigenvalue weighted by molar-refractivity contribution is 5.95. The highest BCUT2D eigenvalue weighted by Gasteiger charge is 2.41. The summed E-state index contributed by atoms with van der Waals surface area (Å²) in [5.41, 5.74) is 2.82. The highest BCUT2D eigenvalue weighted by atomic mass is 16.5. The molecule has 1 fully saturated rings. The number of benzene rings is 2. The van der Waals surface area contributed by atoms with Gasteiger partial charge in [0.2, 0.25) is 5.91 Å². The zero-order valence-electron chi connectivity index (χ0n) is 18.4. The van der Waals surface area contributed by atoms with E-state index in [4.69, 9.17) is 4.74 Å². The van der Waals surface area contributed by atoms with E-state index in [2.05, 4.69) is 22.3 Å². The van der Waals surface area contributed by atoms with Crippen molar-refractivity contribution >= 4 is 17.4 Å². The van der Waals surface area contributed by atoms with E-state index in [1.165, 1.54) is 5.56 Å². The first kappa shape index (κ1) is 21.6. The molecule has 2 aromatic rings. The van der Waals surface area contributed by atoms with Crippen LogP contribution in [-0.2, 0) is 21.4 Å². The maximum absolute atomic E-state index is 12.9. The molecule has 4 rings (SSSR count). The molecule has 1 saturated heterocycles. The first-order valence-electron chi connectivity index (χ1n) is 11.5. The Labute approximate surface area is 184 Å². The number of hydrogen-bond acceptors (Lipinski definition) is 4. The number of ketones is 1. The maximum atomic E-state index is 12.9. The summed E-state index contributed by atoms with van der Waals surface area (Å²) in [6, 6.07) is 16.3. The number of carbonyl (C=O) groups is 2. The number of hydrogen-bond donors (Lipinski definition) is 1. The van der Waals surface area contributed by atoms with Crippen LogP contribution in [0.3, 0.4) is 0 Å². The molecule has 0 bridgehead atoms. The minimum absolute atomic E-state index is 0.0559. The zero-order valence-corrected chi connectivity index (χ0v) is 18.4. The lowest BCUT2D eigenvalue weighted by atomic mass is 9.69. The number of fused-ring (bicyclic) bond motifs is 1. The number of aryl methyl sites for hydroxylation is 1. The molecule has 5 heteroatoms. The second-order valence-electron chi connectivity index (χ2n) is 8.61. The second-order valence-corrected chi connectivity index (χ2v) is 8.61. The average molecular weight is 421 g/mol. The number of nitrogens with zero attached hydrogens (tertiary/aromatic N) is 1. The summed E-state index contributed by atoms with van der Waals surface area (Å²) in [6.07, 6.45) is 4.56. The van der Waals surface area contributed by atoms with Gasteiger partial charge in [0, 0.05) is 19.4 Å². The molecule has 0 aliphatic carbocycles. The molecule has 0 unspecified atom stereocenters. The number of rotatable bonds is 8. The largest absolute Gasteiger partial charge is 0.491 e. The number of ether oxygens (including phenoxy) is 1. The van der Waals surface area contributed by atoms with Crippen molar-refractivity contribution in [2.45, 2.75) is 50.9 Å². The summed E-state index contributed by atoms with van der Waals surface area (Å²) in [6.45, 7) is 5.39. The smallest absolute Gasteiger partial charge is 0.224 e. The van der Waals surface area contributed by atoms with Crippen molar-refractivity contribution < 1.29 is 14.3 Å². The van der Waals surface area contributed by atoms with E-state index in [0.717, 1.165) is 62.3 Å². The third-order valence-electron chi connectivity index (χ3n) is 6.77. The summed E-state index contributed by atoms with van der Waals surface area (Å²) in [5.74, 6) is 1.18. The number of nitrogens with one attached hydrogen (secondary N) is 1. The molecule has 2 aliphatic heterocycles. The van der Waals surface area contributed by atoms with Crippen LogP contribution in [0.15, 0.2) is 48.5 Å². The quantitative estimate of drug-likeness (QED) is 0.645. The fraction of sp³-hybridized carbons (Fsp3) is 0.462. The number of likely N-dealkylation sites (tertiary alicyclic amines) is 1. The molecule has 0 radical (unpaired) electrons. The van der Waals surface area contributed by atoms with E-state index in [-0.39, 0.29) is 11.3 Å². The second kappa shape index (κ2) is 9.65. The Kier molecular flexibility index (Phi) is 6.71. The van der Waals surface area contributed by atoms with E-state index >= 15 is 0 Å². The van der Waals surface area contributed by atoms with Gasteiger partial charge in [-0.15, -0.1) is 0 Å². The van der Waals surface area contributed by atoms with Crippen LogP contribution < -0.4 is 10.1 Å². The Morgan fingerprint density at radius 3 is 2.58 bits per heavy atom. The Morgan fingerprint density at radius 2 is 1.84 bits per heavy atom. The van der Waals surface area contributed by atoms with E-state index in [0.29, 0.717) is 25.2 Å². The lowest BCUT2D eigenvalue weighted by molar-refractivity contribution is -0.126. The van der Waals surface area contributed by atoms with Crippen LogP contribution in [0.1, 0.15) is 50.2 Å². The van der Waals surface area contributed by atoms with Gasteiger partial charge in [-0.25, -0.2) is 0 Å². The molecule has 0 atom stereocenters. The number of para-hydroxylation sites is 1. The molecule has 31 heavy (non-hydrogen) atoms. The minimum atomic E-state index is -0.329. The van der Waals surface area contributed by atoms with Gasteiger partial charge in [-0.05, 0) is 56.0 Å². The molecule has 2 heterocycles. The van der Waals surface area contributed by atoms with E-state index in [1.54, 1.807) is 0 Å². The molecule has 1 amide bonds. The molecule has 164 valence electrons. The van der Waals surface area contributed by atoms with Crippen molar-refractivity contribution in [3.8, 4) is 5.75 Å². The van der Waals surface area contributed by atoms with Gasteiger partial charge in [0.05, 0.1) is 17.7 Å². The Bertz CT molecular complexity index is 918. The molecular weight excluding hydrogens is 388 g/mol. The van der Waals surface area contributed by atoms with E-state index in [9.17, 15) is 9.59 Å². The van der Waals surface area contributed by atoms with E-state index < -0.39 is 0 Å². The molecular formula is C26H32N2O3. The van der Waals surface area contributed by atoms with Gasteiger partial charge < -0.3 is 15.0 Å². The lowest BCUT2D eigenvalue weighted by Gasteiger charge is -2.41. The molecule has 0 saturated carbocycles. The third-order valence-corrected chi connectivity index (χ3v) is 6.77. The van der Waals surface area contributed by atoms with Crippen LogP contribution in [0.5, 0.6) is 5.75 Å². The minimum Gasteiger partial charge on any atom is -0.491 e. The van der Waals surface area contributed by atoms with Crippen molar-refractivity contribution in [1.29, 1.82) is 0 Å². The number of carbonyl (C=O) groups excluding carboxylic acids is 2. The normalized spacial score (nSPS) is 18.2. The number of Topliss-reactive ketones (excluding diaryl/α,β-unsaturated/α-hetero) is 1. The van der Waals surface area contributed by atoms with Gasteiger partial charge in [0.25, 0.3) is 0 Å². The van der Waals surface area contributed by atoms with Gasteiger partial charge >= 0.3 is 0 Å². The zero-order chi connectivity index (χ0) is 21.7. The molecule has 1 N–H and O–H groups in total. The van der Waals surface area contributed by atoms with E-state index in [1.807, 2.05) is 43.3 Å². The number of anilines is 1. The molecule has 0 spiro atoms. The monoisotopic (exact) mass is 420 g/mol. The molecule has 0 aromatic heterocycles. The van der Waals surface area contributed by atoms with Gasteiger partial charge in [0.15, 0.2) is 0 Å². The van der Waals surface area contributed by atoms with Crippen molar-refractivity contribution in [2.75, 3.05) is 31.6 Å². The summed E-state index contributed by atoms with van der Waals surface area (Å²) >= 11 is 0. The van der Waals surface area contributed by atoms with Crippen molar-refractivity contribution in [1.82, 2.24) is 4.90 Å². The Hall–Kier alpha value is -2.66. The summed E-state index contributed by atoms with van der Waals surface area (Å²) < 4.78 is 6.01. The maximum Gasteiger partial charge on any atom is 0.224 e. The third kappa shape index (κ3) is 4.67. The first-order valence-corrected chi connectivity index (χ1v) is 11.5. The topological polar surface area (TPSA) is 58.6 Å². The van der Waals surface area contributed by atoms with Crippen LogP contribution in [-0.4, -0.2) is 42.8 Å². The van der Waals surface area contributed by atoms with Crippen molar-refractivity contribution in [2.24, 2.45) is 0 Å². The Morgan fingerprint density at radius 1 is 1.06 bits per heavy atom. The summed E-state index contributed by atoms with van der Waals surface area (Å²) in [5, 5.41) is 2.95. The van der Waals surface area contributed by atoms with Crippen LogP contribution in [0.25, 0.3) is 0 Å². The van der Waals surface area contributed by atoms with Crippen LogP contribution in [0.4, 0.5) is 5.69 Å². The van der Waals surface area contributed by atoms with Crippen LogP contribution >= 0.6 is 0 Å².